The molecule has 24 heavy (non-hydrogen) atoms. The van der Waals surface area contributed by atoms with E-state index >= 15 is 0 Å². The van der Waals surface area contributed by atoms with E-state index in [1.54, 1.807) is 18.2 Å². The lowest BCUT2D eigenvalue weighted by Crippen LogP contribution is -2.36. The maximum Gasteiger partial charge on any atom is 0.266 e. The number of nitrogens with one attached hydrogen (secondary N) is 1. The molecule has 1 fully saturated rings. The zero-order valence-corrected chi connectivity index (χ0v) is 14.3. The highest BCUT2D eigenvalue weighted by Gasteiger charge is 2.33. The molecule has 120 valence electrons. The van der Waals surface area contributed by atoms with E-state index in [-0.39, 0.29) is 18.4 Å². The van der Waals surface area contributed by atoms with Gasteiger partial charge in [-0.15, -0.1) is 0 Å². The summed E-state index contributed by atoms with van der Waals surface area (Å²) in [6.07, 6.45) is 1.79. The van der Waals surface area contributed by atoms with Gasteiger partial charge in [0.2, 0.25) is 5.91 Å². The number of thioether (sulfide) groups is 1. The topological polar surface area (TPSA) is 49.4 Å². The minimum absolute atomic E-state index is 0.0916. The maximum atomic E-state index is 12.5. The van der Waals surface area contributed by atoms with Gasteiger partial charge < -0.3 is 5.32 Å². The number of rotatable bonds is 4. The van der Waals surface area contributed by atoms with Gasteiger partial charge in [-0.2, -0.15) is 0 Å². The summed E-state index contributed by atoms with van der Waals surface area (Å²) >= 11 is 6.45. The Balaban J connectivity index is 1.68. The number of anilines is 1. The summed E-state index contributed by atoms with van der Waals surface area (Å²) < 4.78 is 0.394. The summed E-state index contributed by atoms with van der Waals surface area (Å²) in [5.74, 6) is -0.518. The summed E-state index contributed by atoms with van der Waals surface area (Å²) in [4.78, 5) is 26.5. The van der Waals surface area contributed by atoms with Crippen LogP contribution in [0.2, 0.25) is 0 Å². The van der Waals surface area contributed by atoms with Gasteiger partial charge in [0.05, 0.1) is 4.91 Å². The first-order valence-electron chi connectivity index (χ1n) is 7.29. The predicted molar refractivity (Wildman–Crippen MR) is 101 cm³/mol. The Bertz CT molecular complexity index is 804. The quantitative estimate of drug-likeness (QED) is 0.674. The van der Waals surface area contributed by atoms with Crippen molar-refractivity contribution in [2.45, 2.75) is 0 Å². The number of benzene rings is 2. The zero-order chi connectivity index (χ0) is 16.9. The summed E-state index contributed by atoms with van der Waals surface area (Å²) in [6.45, 7) is -0.0916. The molecule has 0 spiro atoms. The Morgan fingerprint density at radius 3 is 2.38 bits per heavy atom. The van der Waals surface area contributed by atoms with Crippen LogP contribution in [0.15, 0.2) is 65.6 Å². The Morgan fingerprint density at radius 2 is 1.71 bits per heavy atom. The molecule has 0 bridgehead atoms. The second kappa shape index (κ2) is 7.42. The number of carbonyl (C=O) groups excluding carboxylic acids is 2. The van der Waals surface area contributed by atoms with Crippen molar-refractivity contribution in [2.75, 3.05) is 11.9 Å². The van der Waals surface area contributed by atoms with Crippen molar-refractivity contribution in [1.82, 2.24) is 4.90 Å². The van der Waals surface area contributed by atoms with E-state index in [9.17, 15) is 9.59 Å². The third kappa shape index (κ3) is 3.90. The standard InChI is InChI=1S/C18H14N2O2S2/c21-16(19-14-9-5-2-6-10-14)12-20-17(22)15(24-18(20)23)11-13-7-3-1-4-8-13/h1-11H,12H2,(H,19,21). The van der Waals surface area contributed by atoms with Crippen LogP contribution in [0.1, 0.15) is 5.56 Å². The van der Waals surface area contributed by atoms with E-state index in [1.165, 1.54) is 16.7 Å². The van der Waals surface area contributed by atoms with Gasteiger partial charge in [0.1, 0.15) is 10.9 Å². The molecule has 2 aromatic rings. The molecule has 1 saturated heterocycles. The number of carbonyl (C=O) groups is 2. The molecule has 1 aliphatic heterocycles. The second-order valence-electron chi connectivity index (χ2n) is 5.09. The fourth-order valence-corrected chi connectivity index (χ4v) is 3.46. The van der Waals surface area contributed by atoms with Gasteiger partial charge in [-0.3, -0.25) is 14.5 Å². The molecule has 0 aliphatic carbocycles. The molecule has 2 amide bonds. The van der Waals surface area contributed by atoms with Crippen LogP contribution in [0.4, 0.5) is 5.69 Å². The third-order valence-corrected chi connectivity index (χ3v) is 4.71. The fourth-order valence-electron chi connectivity index (χ4n) is 2.20. The number of para-hydroxylation sites is 1. The van der Waals surface area contributed by atoms with Gasteiger partial charge in [0.25, 0.3) is 5.91 Å². The molecular weight excluding hydrogens is 340 g/mol. The summed E-state index contributed by atoms with van der Waals surface area (Å²) in [6, 6.07) is 18.6. The normalized spacial score (nSPS) is 15.8. The summed E-state index contributed by atoms with van der Waals surface area (Å²) in [5.41, 5.74) is 1.61. The van der Waals surface area contributed by atoms with E-state index in [2.05, 4.69) is 5.32 Å². The molecule has 2 aromatic carbocycles. The zero-order valence-electron chi connectivity index (χ0n) is 12.6. The average molecular weight is 354 g/mol. The Kier molecular flexibility index (Phi) is 5.08. The van der Waals surface area contributed by atoms with Crippen LogP contribution >= 0.6 is 24.0 Å². The van der Waals surface area contributed by atoms with Crippen LogP contribution in [-0.2, 0) is 9.59 Å². The Morgan fingerprint density at radius 1 is 1.08 bits per heavy atom. The van der Waals surface area contributed by atoms with E-state index in [1.807, 2.05) is 48.5 Å². The van der Waals surface area contributed by atoms with Crippen molar-refractivity contribution < 1.29 is 9.59 Å². The van der Waals surface area contributed by atoms with Gasteiger partial charge in [-0.1, -0.05) is 72.5 Å². The Labute approximate surface area is 149 Å². The monoisotopic (exact) mass is 354 g/mol. The summed E-state index contributed by atoms with van der Waals surface area (Å²) in [7, 11) is 0. The van der Waals surface area contributed by atoms with Crippen molar-refractivity contribution in [3.8, 4) is 0 Å². The van der Waals surface area contributed by atoms with Crippen molar-refractivity contribution in [3.05, 3.63) is 71.1 Å². The lowest BCUT2D eigenvalue weighted by atomic mass is 10.2. The molecule has 1 N–H and O–H groups in total. The molecule has 4 nitrogen and oxygen atoms in total. The molecule has 0 saturated carbocycles. The van der Waals surface area contributed by atoms with Crippen molar-refractivity contribution in [2.24, 2.45) is 0 Å². The number of nitrogens with zero attached hydrogens (tertiary/aromatic N) is 1. The van der Waals surface area contributed by atoms with E-state index in [0.29, 0.717) is 14.9 Å². The molecular formula is C18H14N2O2S2. The van der Waals surface area contributed by atoms with Crippen LogP contribution in [0, 0.1) is 0 Å². The van der Waals surface area contributed by atoms with E-state index < -0.39 is 0 Å². The van der Waals surface area contributed by atoms with E-state index in [0.717, 1.165) is 5.56 Å². The van der Waals surface area contributed by atoms with E-state index in [4.69, 9.17) is 12.2 Å². The maximum absolute atomic E-state index is 12.5. The molecule has 0 radical (unpaired) electrons. The fraction of sp³-hybridized carbons (Fsp3) is 0.0556. The molecule has 6 heteroatoms. The number of hydrogen-bond donors (Lipinski definition) is 1. The lowest BCUT2D eigenvalue weighted by molar-refractivity contribution is -0.126. The highest BCUT2D eigenvalue weighted by Crippen LogP contribution is 2.32. The van der Waals surface area contributed by atoms with Gasteiger partial charge in [-0.05, 0) is 23.8 Å². The minimum atomic E-state index is -0.279. The van der Waals surface area contributed by atoms with Gasteiger partial charge in [0, 0.05) is 5.69 Å². The SMILES string of the molecule is O=C(CN1C(=O)C(=Cc2ccccc2)SC1=S)Nc1ccccc1. The number of amides is 2. The number of thiocarbonyl (C=S) groups is 1. The molecule has 0 unspecified atom stereocenters. The van der Waals surface area contributed by atoms with Crippen LogP contribution in [0.25, 0.3) is 6.08 Å². The number of hydrogen-bond acceptors (Lipinski definition) is 4. The first kappa shape index (κ1) is 16.4. The van der Waals surface area contributed by atoms with Gasteiger partial charge in [-0.25, -0.2) is 0 Å². The third-order valence-electron chi connectivity index (χ3n) is 3.33. The van der Waals surface area contributed by atoms with Crippen molar-refractivity contribution in [1.29, 1.82) is 0 Å². The van der Waals surface area contributed by atoms with Crippen LogP contribution < -0.4 is 5.32 Å². The molecule has 0 aromatic heterocycles. The molecule has 3 rings (SSSR count). The van der Waals surface area contributed by atoms with Crippen molar-refractivity contribution >= 4 is 51.9 Å². The molecule has 1 aliphatic rings. The highest BCUT2D eigenvalue weighted by molar-refractivity contribution is 8.26. The predicted octanol–water partition coefficient (Wildman–Crippen LogP) is 3.53. The first-order chi connectivity index (χ1) is 11.6. The van der Waals surface area contributed by atoms with Crippen molar-refractivity contribution in [3.63, 3.8) is 0 Å². The van der Waals surface area contributed by atoms with Crippen LogP contribution in [0.5, 0.6) is 0 Å². The second-order valence-corrected chi connectivity index (χ2v) is 6.77. The molecule has 0 atom stereocenters. The average Bonchev–Trinajstić information content (AvgIpc) is 2.84. The lowest BCUT2D eigenvalue weighted by Gasteiger charge is -2.14. The molecule has 1 heterocycles. The van der Waals surface area contributed by atoms with Gasteiger partial charge >= 0.3 is 0 Å². The smallest absolute Gasteiger partial charge is 0.266 e. The van der Waals surface area contributed by atoms with Crippen LogP contribution in [0.3, 0.4) is 0 Å². The van der Waals surface area contributed by atoms with Crippen LogP contribution in [-0.4, -0.2) is 27.6 Å². The summed E-state index contributed by atoms with van der Waals surface area (Å²) in [5, 5.41) is 2.75. The minimum Gasteiger partial charge on any atom is -0.325 e. The first-order valence-corrected chi connectivity index (χ1v) is 8.51. The Hall–Kier alpha value is -2.44. The largest absolute Gasteiger partial charge is 0.325 e. The van der Waals surface area contributed by atoms with Gasteiger partial charge in [0.15, 0.2) is 0 Å². The highest BCUT2D eigenvalue weighted by atomic mass is 32.2.